The molecule has 0 bridgehead atoms. The van der Waals surface area contributed by atoms with Crippen LogP contribution in [0.15, 0.2) is 24.3 Å². The molecule has 0 aliphatic heterocycles. The molecular weight excluding hydrogens is 238 g/mol. The van der Waals surface area contributed by atoms with E-state index in [0.29, 0.717) is 5.56 Å². The van der Waals surface area contributed by atoms with E-state index in [1.165, 1.54) is 17.0 Å². The lowest BCUT2D eigenvalue weighted by molar-refractivity contribution is -0.384. The van der Waals surface area contributed by atoms with E-state index in [-0.39, 0.29) is 31.4 Å². The summed E-state index contributed by atoms with van der Waals surface area (Å²) < 4.78 is 0. The zero-order chi connectivity index (χ0) is 13.5. The van der Waals surface area contributed by atoms with E-state index in [2.05, 4.69) is 5.32 Å². The van der Waals surface area contributed by atoms with Gasteiger partial charge in [-0.2, -0.15) is 0 Å². The Labute approximate surface area is 104 Å². The Hall–Kier alpha value is -2.15. The molecule has 0 aromatic heterocycles. The third-order valence-corrected chi connectivity index (χ3v) is 2.35. The van der Waals surface area contributed by atoms with E-state index in [9.17, 15) is 14.9 Å². The van der Waals surface area contributed by atoms with Crippen LogP contribution in [0.25, 0.3) is 0 Å². The fourth-order valence-electron chi connectivity index (χ4n) is 1.34. The fourth-order valence-corrected chi connectivity index (χ4v) is 1.34. The van der Waals surface area contributed by atoms with Gasteiger partial charge in [-0.25, -0.2) is 4.79 Å². The molecule has 0 fully saturated rings. The molecule has 18 heavy (non-hydrogen) atoms. The van der Waals surface area contributed by atoms with E-state index in [4.69, 9.17) is 5.11 Å². The van der Waals surface area contributed by atoms with Gasteiger partial charge in [0.25, 0.3) is 5.69 Å². The van der Waals surface area contributed by atoms with Gasteiger partial charge in [0.2, 0.25) is 0 Å². The van der Waals surface area contributed by atoms with Gasteiger partial charge in [0.1, 0.15) is 0 Å². The van der Waals surface area contributed by atoms with Crippen LogP contribution >= 0.6 is 0 Å². The molecule has 0 aliphatic rings. The van der Waals surface area contributed by atoms with Crippen LogP contribution < -0.4 is 5.32 Å². The van der Waals surface area contributed by atoms with Crippen molar-refractivity contribution in [3.8, 4) is 0 Å². The number of aliphatic hydroxyl groups is 1. The molecule has 0 heterocycles. The number of carbonyl (C=O) groups excluding carboxylic acids is 1. The predicted octanol–water partition coefficient (Wildman–Crippen LogP) is 0.728. The van der Waals surface area contributed by atoms with Crippen molar-refractivity contribution in [3.05, 3.63) is 39.9 Å². The number of hydrogen-bond acceptors (Lipinski definition) is 4. The van der Waals surface area contributed by atoms with Crippen LogP contribution in [0.3, 0.4) is 0 Å². The highest BCUT2D eigenvalue weighted by Crippen LogP contribution is 2.12. The highest BCUT2D eigenvalue weighted by molar-refractivity contribution is 5.73. The van der Waals surface area contributed by atoms with Gasteiger partial charge in [0, 0.05) is 32.3 Å². The average molecular weight is 253 g/mol. The molecule has 0 saturated heterocycles. The molecule has 0 unspecified atom stereocenters. The smallest absolute Gasteiger partial charge is 0.317 e. The quantitative estimate of drug-likeness (QED) is 0.597. The van der Waals surface area contributed by atoms with Crippen molar-refractivity contribution in [3.63, 3.8) is 0 Å². The number of nitrogens with zero attached hydrogens (tertiary/aromatic N) is 2. The summed E-state index contributed by atoms with van der Waals surface area (Å²) in [7, 11) is 1.55. The molecular formula is C11H15N3O4. The normalized spacial score (nSPS) is 9.89. The number of non-ortho nitro benzene ring substituents is 1. The van der Waals surface area contributed by atoms with Gasteiger partial charge in [-0.1, -0.05) is 12.1 Å². The van der Waals surface area contributed by atoms with Crippen molar-refractivity contribution in [1.82, 2.24) is 10.2 Å². The van der Waals surface area contributed by atoms with E-state index in [1.807, 2.05) is 0 Å². The van der Waals surface area contributed by atoms with Crippen molar-refractivity contribution < 1.29 is 14.8 Å². The lowest BCUT2D eigenvalue weighted by Gasteiger charge is -2.16. The molecule has 7 heteroatoms. The molecule has 2 N–H and O–H groups in total. The molecule has 0 aliphatic carbocycles. The number of likely N-dealkylation sites (N-methyl/N-ethyl adjacent to an activating group) is 1. The molecule has 0 spiro atoms. The van der Waals surface area contributed by atoms with E-state index >= 15 is 0 Å². The van der Waals surface area contributed by atoms with Crippen molar-refractivity contribution in [1.29, 1.82) is 0 Å². The van der Waals surface area contributed by atoms with Gasteiger partial charge >= 0.3 is 6.03 Å². The number of amides is 2. The first-order chi connectivity index (χ1) is 8.54. The molecule has 7 nitrogen and oxygen atoms in total. The molecule has 0 radical (unpaired) electrons. The van der Waals surface area contributed by atoms with Crippen LogP contribution in [0.2, 0.25) is 0 Å². The first-order valence-electron chi connectivity index (χ1n) is 5.37. The summed E-state index contributed by atoms with van der Waals surface area (Å²) in [6.45, 7) is 0.331. The van der Waals surface area contributed by atoms with Crippen LogP contribution in [0, 0.1) is 10.1 Å². The number of nitrogens with one attached hydrogen (secondary N) is 1. The zero-order valence-electron chi connectivity index (χ0n) is 10.00. The largest absolute Gasteiger partial charge is 0.395 e. The van der Waals surface area contributed by atoms with Gasteiger partial charge in [-0.3, -0.25) is 10.1 Å². The number of nitro benzene ring substituents is 1. The summed E-state index contributed by atoms with van der Waals surface area (Å²) in [5.41, 5.74) is 0.639. The van der Waals surface area contributed by atoms with E-state index < -0.39 is 4.92 Å². The Morgan fingerprint density at radius 1 is 1.56 bits per heavy atom. The number of urea groups is 1. The fraction of sp³-hybridized carbons (Fsp3) is 0.364. The summed E-state index contributed by atoms with van der Waals surface area (Å²) in [5.74, 6) is 0. The lowest BCUT2D eigenvalue weighted by atomic mass is 10.2. The van der Waals surface area contributed by atoms with E-state index in [1.54, 1.807) is 19.2 Å². The molecule has 2 amide bonds. The molecule has 1 aromatic carbocycles. The van der Waals surface area contributed by atoms with E-state index in [0.717, 1.165) is 0 Å². The van der Waals surface area contributed by atoms with Crippen LogP contribution in [0.1, 0.15) is 5.56 Å². The Morgan fingerprint density at radius 2 is 2.28 bits per heavy atom. The summed E-state index contributed by atoms with van der Waals surface area (Å²) in [4.78, 5) is 22.9. The number of hydrogen-bond donors (Lipinski definition) is 2. The molecule has 98 valence electrons. The third kappa shape index (κ3) is 4.02. The monoisotopic (exact) mass is 253 g/mol. The molecule has 0 atom stereocenters. The number of carbonyl (C=O) groups is 1. The van der Waals surface area contributed by atoms with Crippen LogP contribution in [-0.2, 0) is 6.54 Å². The minimum absolute atomic E-state index is 0.00883. The maximum atomic E-state index is 11.5. The highest BCUT2D eigenvalue weighted by atomic mass is 16.6. The van der Waals surface area contributed by atoms with Gasteiger partial charge in [-0.15, -0.1) is 0 Å². The van der Waals surface area contributed by atoms with Gasteiger partial charge in [0.15, 0.2) is 0 Å². The Balaban J connectivity index is 2.55. The first-order valence-corrected chi connectivity index (χ1v) is 5.37. The third-order valence-electron chi connectivity index (χ3n) is 2.35. The molecule has 1 rings (SSSR count). The SMILES string of the molecule is CN(CCO)C(=O)NCc1cccc([N+](=O)[O-])c1. The second kappa shape index (κ2) is 6.55. The minimum atomic E-state index is -0.483. The van der Waals surface area contributed by atoms with Crippen molar-refractivity contribution in [2.75, 3.05) is 20.2 Å². The topological polar surface area (TPSA) is 95.7 Å². The Kier molecular flexibility index (Phi) is 5.06. The number of rotatable bonds is 5. The predicted molar refractivity (Wildman–Crippen MR) is 65.0 cm³/mol. The van der Waals surface area contributed by atoms with Crippen LogP contribution in [-0.4, -0.2) is 41.2 Å². The maximum Gasteiger partial charge on any atom is 0.317 e. The Morgan fingerprint density at radius 3 is 2.89 bits per heavy atom. The summed E-state index contributed by atoms with van der Waals surface area (Å²) in [6.07, 6.45) is 0. The molecule has 0 saturated carbocycles. The van der Waals surface area contributed by atoms with Crippen molar-refractivity contribution in [2.45, 2.75) is 6.54 Å². The number of aliphatic hydroxyl groups excluding tert-OH is 1. The second-order valence-corrected chi connectivity index (χ2v) is 3.73. The first kappa shape index (κ1) is 13.9. The summed E-state index contributed by atoms with van der Waals surface area (Å²) in [5, 5.41) is 21.8. The number of benzene rings is 1. The van der Waals surface area contributed by atoms with Crippen molar-refractivity contribution >= 4 is 11.7 Å². The summed E-state index contributed by atoms with van der Waals surface area (Å²) >= 11 is 0. The maximum absolute atomic E-state index is 11.5. The highest BCUT2D eigenvalue weighted by Gasteiger charge is 2.09. The summed E-state index contributed by atoms with van der Waals surface area (Å²) in [6, 6.07) is 5.72. The lowest BCUT2D eigenvalue weighted by Crippen LogP contribution is -2.38. The second-order valence-electron chi connectivity index (χ2n) is 3.73. The zero-order valence-corrected chi connectivity index (χ0v) is 10.00. The Bertz CT molecular complexity index is 436. The molecule has 1 aromatic rings. The standard InChI is InChI=1S/C11H15N3O4/c1-13(5-6-15)11(16)12-8-9-3-2-4-10(7-9)14(17)18/h2-4,7,15H,5-6,8H2,1H3,(H,12,16). The van der Waals surface area contributed by atoms with Crippen LogP contribution in [0.4, 0.5) is 10.5 Å². The van der Waals surface area contributed by atoms with Gasteiger partial charge in [0.05, 0.1) is 11.5 Å². The number of nitro groups is 1. The average Bonchev–Trinajstić information content (AvgIpc) is 2.36. The van der Waals surface area contributed by atoms with Crippen molar-refractivity contribution in [2.24, 2.45) is 0 Å². The van der Waals surface area contributed by atoms with Gasteiger partial charge < -0.3 is 15.3 Å². The minimum Gasteiger partial charge on any atom is -0.395 e. The van der Waals surface area contributed by atoms with Gasteiger partial charge in [-0.05, 0) is 5.56 Å². The van der Waals surface area contributed by atoms with Crippen LogP contribution in [0.5, 0.6) is 0 Å².